The van der Waals surface area contributed by atoms with Gasteiger partial charge < -0.3 is 15.8 Å². The number of para-hydroxylation sites is 2. The maximum Gasteiger partial charge on any atom is 0.256 e. The zero-order chi connectivity index (χ0) is 13.7. The number of thiocarbonyl (C=S) groups is 1. The summed E-state index contributed by atoms with van der Waals surface area (Å²) in [5.74, 6) is 0.367. The number of anilines is 1. The van der Waals surface area contributed by atoms with E-state index in [2.05, 4.69) is 5.32 Å². The minimum Gasteiger partial charge on any atom is -0.484 e. The van der Waals surface area contributed by atoms with Crippen LogP contribution in [0.5, 0.6) is 5.75 Å². The van der Waals surface area contributed by atoms with Crippen LogP contribution in [0.4, 0.5) is 5.69 Å². The van der Waals surface area contributed by atoms with Crippen molar-refractivity contribution in [1.82, 2.24) is 0 Å². The van der Waals surface area contributed by atoms with Crippen LogP contribution in [0.1, 0.15) is 10.4 Å². The molecule has 2 aromatic rings. The molecule has 0 spiro atoms. The minimum atomic E-state index is -0.173. The SMILES string of the molecule is NC(=S)COc1ccccc1NC(=O)c1ccsc1. The van der Waals surface area contributed by atoms with Crippen LogP contribution in [0, 0.1) is 0 Å². The van der Waals surface area contributed by atoms with Gasteiger partial charge in [0.1, 0.15) is 17.3 Å². The summed E-state index contributed by atoms with van der Waals surface area (Å²) in [6, 6.07) is 8.91. The van der Waals surface area contributed by atoms with E-state index >= 15 is 0 Å². The van der Waals surface area contributed by atoms with Crippen LogP contribution >= 0.6 is 23.6 Å². The number of hydrogen-bond acceptors (Lipinski definition) is 4. The zero-order valence-electron chi connectivity index (χ0n) is 9.96. The number of carbonyl (C=O) groups excluding carboxylic acids is 1. The molecule has 6 heteroatoms. The molecule has 98 valence electrons. The molecule has 0 unspecified atom stereocenters. The average Bonchev–Trinajstić information content (AvgIpc) is 2.91. The Morgan fingerprint density at radius 1 is 1.37 bits per heavy atom. The molecule has 0 aliphatic heterocycles. The summed E-state index contributed by atoms with van der Waals surface area (Å²) in [5, 5.41) is 6.43. The Morgan fingerprint density at radius 2 is 2.16 bits per heavy atom. The number of carbonyl (C=O) groups is 1. The van der Waals surface area contributed by atoms with Gasteiger partial charge in [0.25, 0.3) is 5.91 Å². The van der Waals surface area contributed by atoms with Crippen molar-refractivity contribution in [1.29, 1.82) is 0 Å². The maximum atomic E-state index is 12.0. The van der Waals surface area contributed by atoms with Gasteiger partial charge in [0, 0.05) is 5.38 Å². The van der Waals surface area contributed by atoms with Gasteiger partial charge >= 0.3 is 0 Å². The standard InChI is InChI=1S/C13H12N2O2S2/c14-12(18)7-17-11-4-2-1-3-10(11)15-13(16)9-5-6-19-8-9/h1-6,8H,7H2,(H2,14,18)(H,15,16). The Kier molecular flexibility index (Phi) is 4.48. The average molecular weight is 292 g/mol. The first-order valence-electron chi connectivity index (χ1n) is 5.50. The topological polar surface area (TPSA) is 64.3 Å². The van der Waals surface area contributed by atoms with E-state index in [1.807, 2.05) is 17.5 Å². The Morgan fingerprint density at radius 3 is 2.84 bits per heavy atom. The summed E-state index contributed by atoms with van der Waals surface area (Å²) in [5.41, 5.74) is 6.60. The largest absolute Gasteiger partial charge is 0.484 e. The van der Waals surface area contributed by atoms with Crippen LogP contribution < -0.4 is 15.8 Å². The lowest BCUT2D eigenvalue weighted by atomic mass is 10.2. The number of nitrogens with two attached hydrogens (primary N) is 1. The van der Waals surface area contributed by atoms with Crippen LogP contribution in [0.25, 0.3) is 0 Å². The highest BCUT2D eigenvalue weighted by Gasteiger charge is 2.10. The number of rotatable bonds is 5. The third kappa shape index (κ3) is 3.77. The summed E-state index contributed by atoms with van der Waals surface area (Å²) in [6.45, 7) is 0.140. The molecule has 1 amide bonds. The van der Waals surface area contributed by atoms with Crippen molar-refractivity contribution in [2.24, 2.45) is 5.73 Å². The second kappa shape index (κ2) is 6.31. The fourth-order valence-electron chi connectivity index (χ4n) is 1.43. The Bertz CT molecular complexity index is 582. The first-order chi connectivity index (χ1) is 9.16. The molecule has 3 N–H and O–H groups in total. The number of thiophene rings is 1. The van der Waals surface area contributed by atoms with Crippen molar-refractivity contribution in [3.8, 4) is 5.75 Å². The van der Waals surface area contributed by atoms with E-state index in [0.29, 0.717) is 17.0 Å². The molecule has 0 bridgehead atoms. The molecule has 0 aliphatic rings. The van der Waals surface area contributed by atoms with E-state index in [1.165, 1.54) is 11.3 Å². The number of hydrogen-bond donors (Lipinski definition) is 2. The summed E-state index contributed by atoms with van der Waals surface area (Å²) in [7, 11) is 0. The highest BCUT2D eigenvalue weighted by Crippen LogP contribution is 2.24. The predicted molar refractivity (Wildman–Crippen MR) is 81.0 cm³/mol. The first-order valence-corrected chi connectivity index (χ1v) is 6.85. The van der Waals surface area contributed by atoms with Gasteiger partial charge in [-0.1, -0.05) is 24.4 Å². The van der Waals surface area contributed by atoms with E-state index in [-0.39, 0.29) is 17.5 Å². The lowest BCUT2D eigenvalue weighted by Gasteiger charge is -2.11. The van der Waals surface area contributed by atoms with Crippen LogP contribution in [-0.2, 0) is 0 Å². The number of ether oxygens (including phenoxy) is 1. The molecular formula is C13H12N2O2S2. The van der Waals surface area contributed by atoms with Crippen molar-refractivity contribution < 1.29 is 9.53 Å². The summed E-state index contributed by atoms with van der Waals surface area (Å²) in [4.78, 5) is 12.2. The van der Waals surface area contributed by atoms with Gasteiger partial charge in [0.2, 0.25) is 0 Å². The molecule has 2 rings (SSSR count). The molecule has 19 heavy (non-hydrogen) atoms. The molecular weight excluding hydrogens is 280 g/mol. The Hall–Kier alpha value is -1.92. The molecule has 0 radical (unpaired) electrons. The van der Waals surface area contributed by atoms with Crippen molar-refractivity contribution in [2.75, 3.05) is 11.9 Å². The van der Waals surface area contributed by atoms with Crippen molar-refractivity contribution in [2.45, 2.75) is 0 Å². The lowest BCUT2D eigenvalue weighted by molar-refractivity contribution is 0.102. The van der Waals surface area contributed by atoms with Gasteiger partial charge in [0.05, 0.1) is 11.3 Å². The van der Waals surface area contributed by atoms with Gasteiger partial charge in [-0.3, -0.25) is 4.79 Å². The zero-order valence-corrected chi connectivity index (χ0v) is 11.6. The van der Waals surface area contributed by atoms with Gasteiger partial charge in [-0.05, 0) is 23.6 Å². The van der Waals surface area contributed by atoms with Crippen molar-refractivity contribution in [3.63, 3.8) is 0 Å². The summed E-state index contributed by atoms with van der Waals surface area (Å²) >= 11 is 6.23. The third-order valence-electron chi connectivity index (χ3n) is 2.29. The molecule has 0 saturated carbocycles. The molecule has 4 nitrogen and oxygen atoms in total. The van der Waals surface area contributed by atoms with E-state index < -0.39 is 0 Å². The molecule has 1 heterocycles. The number of benzene rings is 1. The Balaban J connectivity index is 2.11. The summed E-state index contributed by atoms with van der Waals surface area (Å²) in [6.07, 6.45) is 0. The lowest BCUT2D eigenvalue weighted by Crippen LogP contribution is -2.19. The molecule has 0 fully saturated rings. The molecule has 0 atom stereocenters. The smallest absolute Gasteiger partial charge is 0.256 e. The van der Waals surface area contributed by atoms with Crippen LogP contribution in [0.2, 0.25) is 0 Å². The normalized spacial score (nSPS) is 9.89. The maximum absolute atomic E-state index is 12.0. The second-order valence-electron chi connectivity index (χ2n) is 3.72. The highest BCUT2D eigenvalue weighted by molar-refractivity contribution is 7.80. The van der Waals surface area contributed by atoms with Gasteiger partial charge in [-0.15, -0.1) is 0 Å². The monoisotopic (exact) mass is 292 g/mol. The number of nitrogens with one attached hydrogen (secondary N) is 1. The van der Waals surface area contributed by atoms with E-state index in [9.17, 15) is 4.79 Å². The first kappa shape index (κ1) is 13.5. The number of amides is 1. The molecule has 1 aromatic heterocycles. The van der Waals surface area contributed by atoms with Crippen molar-refractivity contribution in [3.05, 3.63) is 46.7 Å². The quantitative estimate of drug-likeness (QED) is 0.832. The van der Waals surface area contributed by atoms with Crippen molar-refractivity contribution >= 4 is 40.1 Å². The predicted octanol–water partition coefficient (Wildman–Crippen LogP) is 2.67. The van der Waals surface area contributed by atoms with Crippen LogP contribution in [-0.4, -0.2) is 17.5 Å². The molecule has 0 saturated heterocycles. The van der Waals surface area contributed by atoms with Gasteiger partial charge in [-0.2, -0.15) is 11.3 Å². The molecule has 0 aliphatic carbocycles. The summed E-state index contributed by atoms with van der Waals surface area (Å²) < 4.78 is 5.44. The van der Waals surface area contributed by atoms with Gasteiger partial charge in [0.15, 0.2) is 0 Å². The van der Waals surface area contributed by atoms with Crippen LogP contribution in [0.15, 0.2) is 41.1 Å². The van der Waals surface area contributed by atoms with E-state index in [0.717, 1.165) is 0 Å². The highest BCUT2D eigenvalue weighted by atomic mass is 32.1. The minimum absolute atomic E-state index is 0.140. The van der Waals surface area contributed by atoms with E-state index in [1.54, 1.807) is 23.6 Å². The van der Waals surface area contributed by atoms with Crippen LogP contribution in [0.3, 0.4) is 0 Å². The Labute approximate surface area is 120 Å². The van der Waals surface area contributed by atoms with Gasteiger partial charge in [-0.25, -0.2) is 0 Å². The second-order valence-corrected chi connectivity index (χ2v) is 5.02. The fourth-order valence-corrected chi connectivity index (χ4v) is 2.13. The fraction of sp³-hybridized carbons (Fsp3) is 0.0769. The molecule has 1 aromatic carbocycles. The van der Waals surface area contributed by atoms with E-state index in [4.69, 9.17) is 22.7 Å². The third-order valence-corrected chi connectivity index (χ3v) is 3.09.